The normalized spacial score (nSPS) is 9.23. The first kappa shape index (κ1) is 9.38. The summed E-state index contributed by atoms with van der Waals surface area (Å²) in [5, 5.41) is 9.53. The summed E-state index contributed by atoms with van der Waals surface area (Å²) in [6.07, 6.45) is 0. The van der Waals surface area contributed by atoms with Gasteiger partial charge in [0.05, 0.1) is 6.54 Å². The van der Waals surface area contributed by atoms with E-state index in [4.69, 9.17) is 15.9 Å². The van der Waals surface area contributed by atoms with Crippen LogP contribution in [0, 0.1) is 11.5 Å². The van der Waals surface area contributed by atoms with Crippen LogP contribution in [-0.2, 0) is 0 Å². The number of nitrogens with two attached hydrogens (primary N) is 1. The van der Waals surface area contributed by atoms with Crippen LogP contribution in [0.1, 0.15) is 0 Å². The van der Waals surface area contributed by atoms with Gasteiger partial charge in [-0.15, -0.1) is 0 Å². The van der Waals surface area contributed by atoms with Gasteiger partial charge in [0.2, 0.25) is 0 Å². The fraction of sp³-hybridized carbons (Fsp3) is 0.222. The van der Waals surface area contributed by atoms with Crippen LogP contribution in [0.15, 0.2) is 24.3 Å². The highest BCUT2D eigenvalue weighted by atomic mass is 16.5. The van der Waals surface area contributed by atoms with E-state index in [0.29, 0.717) is 13.2 Å². The molecule has 0 bridgehead atoms. The lowest BCUT2D eigenvalue weighted by molar-refractivity contribution is 0.322. The van der Waals surface area contributed by atoms with Crippen LogP contribution in [0.25, 0.3) is 0 Å². The average Bonchev–Trinajstić information content (AvgIpc) is 2.14. The summed E-state index contributed by atoms with van der Waals surface area (Å²) >= 11 is 0. The second kappa shape index (κ2) is 5.03. The van der Waals surface area contributed by atoms with Crippen molar-refractivity contribution in [3.05, 3.63) is 30.3 Å². The maximum Gasteiger partial charge on any atom is 0.185 e. The predicted octanol–water partition coefficient (Wildman–Crippen LogP) is 0.349. The van der Waals surface area contributed by atoms with Gasteiger partial charge >= 0.3 is 0 Å². The summed E-state index contributed by atoms with van der Waals surface area (Å²) in [5.41, 5.74) is 5.08. The third-order valence-electron chi connectivity index (χ3n) is 1.37. The average molecular weight is 178 g/mol. The zero-order valence-corrected chi connectivity index (χ0v) is 7.21. The van der Waals surface area contributed by atoms with Crippen molar-refractivity contribution in [2.24, 2.45) is 5.73 Å². The summed E-state index contributed by atoms with van der Waals surface area (Å²) in [6.45, 7) is 1.03. The first-order valence-electron chi connectivity index (χ1n) is 3.96. The summed E-state index contributed by atoms with van der Waals surface area (Å²) in [6, 6.07) is 10.1. The van der Waals surface area contributed by atoms with Gasteiger partial charge in [0, 0.05) is 0 Å². The molecule has 0 aliphatic heterocycles. The number of guanidine groups is 1. The van der Waals surface area contributed by atoms with Gasteiger partial charge in [-0.2, -0.15) is 0 Å². The number of nitrogens with one attached hydrogen (secondary N) is 2. The van der Waals surface area contributed by atoms with Gasteiger partial charge in [0.25, 0.3) is 0 Å². The topological polar surface area (TPSA) is 71.1 Å². The molecular formula is C9H12N3O. The quantitative estimate of drug-likeness (QED) is 0.354. The molecule has 0 aliphatic rings. The number of rotatable bonds is 4. The molecule has 69 valence electrons. The standard InChI is InChI=1S/C9H12N3O/c10-9(11)12-6-7-13-8-4-2-1-3-5-8/h2-5H,6-7H2,(H4,10,11,12). The Labute approximate surface area is 77.2 Å². The summed E-state index contributed by atoms with van der Waals surface area (Å²) in [4.78, 5) is 0. The van der Waals surface area contributed by atoms with Crippen molar-refractivity contribution in [2.75, 3.05) is 13.2 Å². The van der Waals surface area contributed by atoms with Crippen molar-refractivity contribution in [1.29, 1.82) is 5.41 Å². The van der Waals surface area contributed by atoms with Crippen molar-refractivity contribution in [3.63, 3.8) is 0 Å². The molecule has 0 amide bonds. The summed E-state index contributed by atoms with van der Waals surface area (Å²) in [5.74, 6) is 0.758. The summed E-state index contributed by atoms with van der Waals surface area (Å²) < 4.78 is 5.32. The van der Waals surface area contributed by atoms with E-state index >= 15 is 0 Å². The number of ether oxygens (including phenoxy) is 1. The van der Waals surface area contributed by atoms with Gasteiger partial charge in [-0.3, -0.25) is 5.41 Å². The zero-order chi connectivity index (χ0) is 9.52. The van der Waals surface area contributed by atoms with E-state index in [1.807, 2.05) is 12.1 Å². The van der Waals surface area contributed by atoms with Crippen molar-refractivity contribution < 1.29 is 4.74 Å². The second-order valence-electron chi connectivity index (χ2n) is 2.42. The van der Waals surface area contributed by atoms with Crippen molar-refractivity contribution >= 4 is 5.96 Å². The molecule has 1 aromatic rings. The molecule has 4 heteroatoms. The molecule has 0 spiro atoms. The monoisotopic (exact) mass is 178 g/mol. The Morgan fingerprint density at radius 1 is 1.54 bits per heavy atom. The molecule has 1 radical (unpaired) electrons. The molecule has 0 fully saturated rings. The fourth-order valence-electron chi connectivity index (χ4n) is 0.822. The lowest BCUT2D eigenvalue weighted by atomic mass is 10.3. The fourth-order valence-corrected chi connectivity index (χ4v) is 0.822. The number of hydrogen-bond acceptors (Lipinski definition) is 2. The Bertz CT molecular complexity index is 261. The predicted molar refractivity (Wildman–Crippen MR) is 50.7 cm³/mol. The van der Waals surface area contributed by atoms with E-state index in [-0.39, 0.29) is 5.96 Å². The van der Waals surface area contributed by atoms with Gasteiger partial charge in [-0.1, -0.05) is 12.1 Å². The van der Waals surface area contributed by atoms with Gasteiger partial charge < -0.3 is 15.8 Å². The maximum absolute atomic E-state index is 6.88. The van der Waals surface area contributed by atoms with Crippen LogP contribution in [0.2, 0.25) is 0 Å². The third-order valence-corrected chi connectivity index (χ3v) is 1.37. The highest BCUT2D eigenvalue weighted by Crippen LogP contribution is 2.06. The van der Waals surface area contributed by atoms with Crippen LogP contribution >= 0.6 is 0 Å². The molecule has 0 aromatic heterocycles. The van der Waals surface area contributed by atoms with E-state index in [1.54, 1.807) is 12.1 Å². The first-order valence-corrected chi connectivity index (χ1v) is 3.96. The lowest BCUT2D eigenvalue weighted by Gasteiger charge is -2.06. The van der Waals surface area contributed by atoms with Gasteiger partial charge in [-0.25, -0.2) is 0 Å². The van der Waals surface area contributed by atoms with Crippen molar-refractivity contribution in [3.8, 4) is 5.75 Å². The number of hydrogen-bond donors (Lipinski definition) is 3. The maximum atomic E-state index is 6.88. The zero-order valence-electron chi connectivity index (χ0n) is 7.21. The summed E-state index contributed by atoms with van der Waals surface area (Å²) in [7, 11) is 0. The van der Waals surface area contributed by atoms with Crippen LogP contribution in [0.4, 0.5) is 0 Å². The molecule has 4 N–H and O–H groups in total. The third kappa shape index (κ3) is 4.00. The minimum Gasteiger partial charge on any atom is -0.492 e. The van der Waals surface area contributed by atoms with Crippen molar-refractivity contribution in [1.82, 2.24) is 5.32 Å². The number of benzene rings is 1. The van der Waals surface area contributed by atoms with E-state index in [2.05, 4.69) is 11.4 Å². The minimum atomic E-state index is -0.0370. The van der Waals surface area contributed by atoms with Crippen LogP contribution in [-0.4, -0.2) is 19.1 Å². The SMILES string of the molecule is N=C(N)NCCOc1cc[c]cc1. The van der Waals surface area contributed by atoms with E-state index in [0.717, 1.165) is 5.75 Å². The molecule has 1 rings (SSSR count). The van der Waals surface area contributed by atoms with Crippen LogP contribution < -0.4 is 15.8 Å². The largest absolute Gasteiger partial charge is 0.492 e. The molecule has 13 heavy (non-hydrogen) atoms. The van der Waals surface area contributed by atoms with Gasteiger partial charge in [0.15, 0.2) is 5.96 Å². The lowest BCUT2D eigenvalue weighted by Crippen LogP contribution is -2.33. The Kier molecular flexibility index (Phi) is 3.63. The Balaban J connectivity index is 2.17. The van der Waals surface area contributed by atoms with Crippen molar-refractivity contribution in [2.45, 2.75) is 0 Å². The highest BCUT2D eigenvalue weighted by Gasteiger charge is 1.91. The molecular weight excluding hydrogens is 166 g/mol. The van der Waals surface area contributed by atoms with E-state index in [9.17, 15) is 0 Å². The van der Waals surface area contributed by atoms with Crippen LogP contribution in [0.5, 0.6) is 5.75 Å². The molecule has 0 atom stereocenters. The molecule has 0 unspecified atom stereocenters. The van der Waals surface area contributed by atoms with E-state index < -0.39 is 0 Å². The second-order valence-corrected chi connectivity index (χ2v) is 2.42. The Hall–Kier alpha value is -1.71. The minimum absolute atomic E-state index is 0.0370. The van der Waals surface area contributed by atoms with E-state index in [1.165, 1.54) is 0 Å². The Morgan fingerprint density at radius 2 is 2.23 bits per heavy atom. The van der Waals surface area contributed by atoms with Crippen LogP contribution in [0.3, 0.4) is 0 Å². The molecule has 4 nitrogen and oxygen atoms in total. The Morgan fingerprint density at radius 3 is 2.85 bits per heavy atom. The molecule has 0 saturated heterocycles. The molecule has 0 saturated carbocycles. The highest BCUT2D eigenvalue weighted by molar-refractivity contribution is 5.74. The van der Waals surface area contributed by atoms with Gasteiger partial charge in [0.1, 0.15) is 12.4 Å². The molecule has 0 heterocycles. The molecule has 0 aliphatic carbocycles. The first-order chi connectivity index (χ1) is 6.29. The molecule has 1 aromatic carbocycles. The van der Waals surface area contributed by atoms with Gasteiger partial charge in [-0.05, 0) is 18.2 Å². The smallest absolute Gasteiger partial charge is 0.185 e.